The second-order valence-corrected chi connectivity index (χ2v) is 5.87. The quantitative estimate of drug-likeness (QED) is 0.667. The first-order valence-corrected chi connectivity index (χ1v) is 8.19. The van der Waals surface area contributed by atoms with E-state index < -0.39 is 6.29 Å². The van der Waals surface area contributed by atoms with E-state index in [0.717, 1.165) is 22.8 Å². The van der Waals surface area contributed by atoms with Crippen LogP contribution in [0.1, 0.15) is 34.2 Å². The number of carbonyl (C=O) groups is 1. The monoisotopic (exact) mass is 318 g/mol. The van der Waals surface area contributed by atoms with E-state index in [-0.39, 0.29) is 5.78 Å². The Labute approximate surface area is 140 Å². The molecule has 3 aromatic carbocycles. The minimum Gasteiger partial charge on any atom is -0.348 e. The van der Waals surface area contributed by atoms with E-state index in [9.17, 15) is 4.79 Å². The van der Waals surface area contributed by atoms with Gasteiger partial charge in [-0.3, -0.25) is 4.79 Å². The summed E-state index contributed by atoms with van der Waals surface area (Å²) in [5.41, 5.74) is 2.30. The van der Waals surface area contributed by atoms with Crippen molar-refractivity contribution in [3.8, 4) is 0 Å². The molecular formula is C21H18O3. The summed E-state index contributed by atoms with van der Waals surface area (Å²) in [5, 5.41) is 1.94. The molecule has 1 aliphatic heterocycles. The molecule has 0 aliphatic carbocycles. The topological polar surface area (TPSA) is 35.5 Å². The third-order valence-electron chi connectivity index (χ3n) is 4.30. The predicted octanol–water partition coefficient (Wildman–Crippen LogP) is 4.51. The lowest BCUT2D eigenvalue weighted by atomic mass is 9.93. The highest BCUT2D eigenvalue weighted by Crippen LogP contribution is 2.32. The molecule has 0 amide bonds. The molecule has 0 N–H and O–H groups in total. The number of ether oxygens (including phenoxy) is 2. The van der Waals surface area contributed by atoms with Crippen LogP contribution in [0.4, 0.5) is 0 Å². The first-order chi connectivity index (χ1) is 11.8. The number of carbonyl (C=O) groups excluding carboxylic acids is 1. The average molecular weight is 318 g/mol. The maximum Gasteiger partial charge on any atom is 0.193 e. The maximum atomic E-state index is 13.0. The van der Waals surface area contributed by atoms with Crippen molar-refractivity contribution in [2.24, 2.45) is 0 Å². The Morgan fingerprint density at radius 2 is 1.54 bits per heavy atom. The van der Waals surface area contributed by atoms with Crippen LogP contribution >= 0.6 is 0 Å². The number of fused-ring (bicyclic) bond motifs is 1. The Bertz CT molecular complexity index is 859. The third kappa shape index (κ3) is 2.73. The van der Waals surface area contributed by atoms with Crippen molar-refractivity contribution in [3.63, 3.8) is 0 Å². The lowest BCUT2D eigenvalue weighted by Gasteiger charge is -2.25. The van der Waals surface area contributed by atoms with Gasteiger partial charge in [0.15, 0.2) is 12.1 Å². The molecule has 1 heterocycles. The van der Waals surface area contributed by atoms with Crippen molar-refractivity contribution >= 4 is 16.6 Å². The molecule has 0 bridgehead atoms. The van der Waals surface area contributed by atoms with E-state index >= 15 is 0 Å². The molecule has 3 nitrogen and oxygen atoms in total. The van der Waals surface area contributed by atoms with Gasteiger partial charge in [-0.1, -0.05) is 66.7 Å². The summed E-state index contributed by atoms with van der Waals surface area (Å²) < 4.78 is 11.6. The Morgan fingerprint density at radius 1 is 0.833 bits per heavy atom. The zero-order valence-corrected chi connectivity index (χ0v) is 13.3. The third-order valence-corrected chi connectivity index (χ3v) is 4.30. The highest BCUT2D eigenvalue weighted by atomic mass is 16.7. The van der Waals surface area contributed by atoms with E-state index in [1.807, 2.05) is 66.7 Å². The number of ketones is 1. The molecule has 0 saturated carbocycles. The first kappa shape index (κ1) is 15.1. The van der Waals surface area contributed by atoms with Crippen LogP contribution in [-0.4, -0.2) is 19.0 Å². The highest BCUT2D eigenvalue weighted by molar-refractivity contribution is 6.17. The standard InChI is InChI=1S/C21H18O3/c22-20(16-7-2-1-3-8-16)17-11-4-9-15-10-5-12-18(19(15)17)21-23-13-6-14-24-21/h1-5,7-12,21H,6,13-14H2. The van der Waals surface area contributed by atoms with Crippen LogP contribution in [0.15, 0.2) is 66.7 Å². The summed E-state index contributed by atoms with van der Waals surface area (Å²) in [5.74, 6) is 0.0180. The zero-order chi connectivity index (χ0) is 16.4. The van der Waals surface area contributed by atoms with Gasteiger partial charge in [0, 0.05) is 22.1 Å². The number of rotatable bonds is 3. The highest BCUT2D eigenvalue weighted by Gasteiger charge is 2.22. The van der Waals surface area contributed by atoms with Gasteiger partial charge in [0.1, 0.15) is 0 Å². The Hall–Kier alpha value is -2.49. The van der Waals surface area contributed by atoms with Crippen molar-refractivity contribution in [1.82, 2.24) is 0 Å². The molecule has 120 valence electrons. The molecule has 0 atom stereocenters. The fraction of sp³-hybridized carbons (Fsp3) is 0.190. The first-order valence-electron chi connectivity index (χ1n) is 8.19. The lowest BCUT2D eigenvalue weighted by molar-refractivity contribution is -0.182. The Kier molecular flexibility index (Phi) is 4.11. The van der Waals surface area contributed by atoms with Crippen molar-refractivity contribution in [2.45, 2.75) is 12.7 Å². The maximum absolute atomic E-state index is 13.0. The molecule has 3 heteroatoms. The smallest absolute Gasteiger partial charge is 0.193 e. The van der Waals surface area contributed by atoms with Crippen LogP contribution in [0.25, 0.3) is 10.8 Å². The summed E-state index contributed by atoms with van der Waals surface area (Å²) in [7, 11) is 0. The molecule has 0 aromatic heterocycles. The molecule has 1 fully saturated rings. The van der Waals surface area contributed by atoms with Crippen molar-refractivity contribution < 1.29 is 14.3 Å². The zero-order valence-electron chi connectivity index (χ0n) is 13.3. The van der Waals surface area contributed by atoms with Crippen LogP contribution in [0.3, 0.4) is 0 Å². The molecule has 1 aliphatic rings. The van der Waals surface area contributed by atoms with E-state index in [2.05, 4.69) is 0 Å². The summed E-state index contributed by atoms with van der Waals surface area (Å²) in [6, 6.07) is 21.2. The van der Waals surface area contributed by atoms with E-state index in [1.54, 1.807) is 0 Å². The molecule has 0 radical (unpaired) electrons. The molecule has 0 unspecified atom stereocenters. The molecule has 4 rings (SSSR count). The van der Waals surface area contributed by atoms with Gasteiger partial charge in [-0.05, 0) is 11.8 Å². The summed E-state index contributed by atoms with van der Waals surface area (Å²) >= 11 is 0. The molecule has 0 spiro atoms. The Morgan fingerprint density at radius 3 is 2.29 bits per heavy atom. The van der Waals surface area contributed by atoms with Crippen LogP contribution in [-0.2, 0) is 9.47 Å². The van der Waals surface area contributed by atoms with Gasteiger partial charge in [0.2, 0.25) is 0 Å². The van der Waals surface area contributed by atoms with Gasteiger partial charge in [-0.25, -0.2) is 0 Å². The number of hydrogen-bond donors (Lipinski definition) is 0. The summed E-state index contributed by atoms with van der Waals surface area (Å²) in [4.78, 5) is 13.0. The van der Waals surface area contributed by atoms with Crippen molar-refractivity contribution in [3.05, 3.63) is 83.4 Å². The largest absolute Gasteiger partial charge is 0.348 e. The van der Waals surface area contributed by atoms with Crippen LogP contribution in [0.2, 0.25) is 0 Å². The average Bonchev–Trinajstić information content (AvgIpc) is 2.68. The summed E-state index contributed by atoms with van der Waals surface area (Å²) in [6.45, 7) is 1.35. The lowest BCUT2D eigenvalue weighted by Crippen LogP contribution is -2.18. The number of hydrogen-bond acceptors (Lipinski definition) is 3. The summed E-state index contributed by atoms with van der Waals surface area (Å²) in [6.07, 6.45) is 0.490. The molecule has 3 aromatic rings. The van der Waals surface area contributed by atoms with Crippen molar-refractivity contribution in [1.29, 1.82) is 0 Å². The minimum absolute atomic E-state index is 0.0180. The normalized spacial score (nSPS) is 15.5. The van der Waals surface area contributed by atoms with Gasteiger partial charge in [-0.15, -0.1) is 0 Å². The molecule has 1 saturated heterocycles. The van der Waals surface area contributed by atoms with Crippen LogP contribution < -0.4 is 0 Å². The molecule has 24 heavy (non-hydrogen) atoms. The number of benzene rings is 3. The van der Waals surface area contributed by atoms with Gasteiger partial charge < -0.3 is 9.47 Å². The second-order valence-electron chi connectivity index (χ2n) is 5.87. The molecular weight excluding hydrogens is 300 g/mol. The van der Waals surface area contributed by atoms with Crippen LogP contribution in [0, 0.1) is 0 Å². The fourth-order valence-electron chi connectivity index (χ4n) is 3.17. The van der Waals surface area contributed by atoms with Crippen LogP contribution in [0.5, 0.6) is 0 Å². The van der Waals surface area contributed by atoms with E-state index in [4.69, 9.17) is 9.47 Å². The second kappa shape index (κ2) is 6.56. The van der Waals surface area contributed by atoms with Crippen molar-refractivity contribution in [2.75, 3.05) is 13.2 Å². The Balaban J connectivity index is 1.88. The SMILES string of the molecule is O=C(c1ccccc1)c1cccc2cccc(C3OCCCO3)c12. The van der Waals surface area contributed by atoms with Gasteiger partial charge in [0.25, 0.3) is 0 Å². The van der Waals surface area contributed by atoms with Gasteiger partial charge in [-0.2, -0.15) is 0 Å². The van der Waals surface area contributed by atoms with E-state index in [0.29, 0.717) is 24.3 Å². The minimum atomic E-state index is -0.410. The predicted molar refractivity (Wildman–Crippen MR) is 93.1 cm³/mol. The fourth-order valence-corrected chi connectivity index (χ4v) is 3.17. The van der Waals surface area contributed by atoms with E-state index in [1.165, 1.54) is 0 Å². The van der Waals surface area contributed by atoms with Gasteiger partial charge in [0.05, 0.1) is 13.2 Å². The van der Waals surface area contributed by atoms with Gasteiger partial charge >= 0.3 is 0 Å².